The van der Waals surface area contributed by atoms with Gasteiger partial charge < -0.3 is 5.32 Å². The fourth-order valence-electron chi connectivity index (χ4n) is 2.52. The molecule has 0 aliphatic carbocycles. The van der Waals surface area contributed by atoms with Crippen molar-refractivity contribution in [3.63, 3.8) is 0 Å². The third kappa shape index (κ3) is 3.11. The number of benzene rings is 2. The average Bonchev–Trinajstić information content (AvgIpc) is 2.98. The van der Waals surface area contributed by atoms with Crippen molar-refractivity contribution in [1.29, 1.82) is 0 Å². The molecule has 106 valence electrons. The van der Waals surface area contributed by atoms with E-state index < -0.39 is 0 Å². The molecule has 0 unspecified atom stereocenters. The molecule has 1 aromatic heterocycles. The second kappa shape index (κ2) is 5.79. The van der Waals surface area contributed by atoms with E-state index in [2.05, 4.69) is 53.5 Å². The lowest BCUT2D eigenvalue weighted by Gasteiger charge is -2.12. The zero-order valence-corrected chi connectivity index (χ0v) is 12.2. The van der Waals surface area contributed by atoms with Crippen LogP contribution in [0, 0.1) is 13.8 Å². The number of hydrogen-bond donors (Lipinski definition) is 1. The van der Waals surface area contributed by atoms with Crippen molar-refractivity contribution in [1.82, 2.24) is 14.8 Å². The fourth-order valence-corrected chi connectivity index (χ4v) is 2.52. The minimum atomic E-state index is 0.786. The third-order valence-corrected chi connectivity index (χ3v) is 3.33. The summed E-state index contributed by atoms with van der Waals surface area (Å²) in [4.78, 5) is 4.01. The van der Waals surface area contributed by atoms with Crippen molar-refractivity contribution >= 4 is 5.69 Å². The van der Waals surface area contributed by atoms with Crippen molar-refractivity contribution in [2.24, 2.45) is 0 Å². The summed E-state index contributed by atoms with van der Waals surface area (Å²) in [7, 11) is 0. The maximum atomic E-state index is 4.20. The molecule has 0 fully saturated rings. The number of anilines is 1. The maximum absolute atomic E-state index is 4.20. The Kier molecular flexibility index (Phi) is 3.69. The first kappa shape index (κ1) is 13.4. The smallest absolute Gasteiger partial charge is 0.138 e. The lowest BCUT2D eigenvalue weighted by atomic mass is 10.1. The predicted octanol–water partition coefficient (Wildman–Crippen LogP) is 3.50. The van der Waals surface area contributed by atoms with Gasteiger partial charge in [-0.15, -0.1) is 0 Å². The standard InChI is InChI=1S/C17H18N4/c1-13-7-14(2)9-15(8-13)10-19-16-5-3-4-6-17(16)21-12-18-11-20-21/h3-9,11-12,19H,10H2,1-2H3. The molecule has 1 heterocycles. The van der Waals surface area contributed by atoms with E-state index in [1.807, 2.05) is 18.2 Å². The summed E-state index contributed by atoms with van der Waals surface area (Å²) in [6.07, 6.45) is 3.25. The van der Waals surface area contributed by atoms with Gasteiger partial charge >= 0.3 is 0 Å². The van der Waals surface area contributed by atoms with Crippen LogP contribution < -0.4 is 5.32 Å². The highest BCUT2D eigenvalue weighted by atomic mass is 15.3. The van der Waals surface area contributed by atoms with Gasteiger partial charge in [0.15, 0.2) is 0 Å². The van der Waals surface area contributed by atoms with E-state index in [9.17, 15) is 0 Å². The molecule has 1 N–H and O–H groups in total. The largest absolute Gasteiger partial charge is 0.379 e. The molecular weight excluding hydrogens is 260 g/mol. The number of aryl methyl sites for hydroxylation is 2. The van der Waals surface area contributed by atoms with Crippen LogP contribution in [0.4, 0.5) is 5.69 Å². The molecule has 0 aliphatic heterocycles. The molecule has 0 saturated carbocycles. The van der Waals surface area contributed by atoms with Crippen molar-refractivity contribution in [2.45, 2.75) is 20.4 Å². The number of rotatable bonds is 4. The molecule has 3 rings (SSSR count). The molecule has 0 bridgehead atoms. The van der Waals surface area contributed by atoms with E-state index in [4.69, 9.17) is 0 Å². The van der Waals surface area contributed by atoms with E-state index in [1.54, 1.807) is 17.3 Å². The fraction of sp³-hybridized carbons (Fsp3) is 0.176. The molecule has 0 atom stereocenters. The summed E-state index contributed by atoms with van der Waals surface area (Å²) < 4.78 is 1.77. The minimum absolute atomic E-state index is 0.786. The van der Waals surface area contributed by atoms with Gasteiger partial charge in [0.1, 0.15) is 12.7 Å². The molecule has 4 heteroatoms. The van der Waals surface area contributed by atoms with Crippen molar-refractivity contribution in [3.8, 4) is 5.69 Å². The van der Waals surface area contributed by atoms with Gasteiger partial charge in [-0.2, -0.15) is 5.10 Å². The molecule has 2 aromatic carbocycles. The summed E-state index contributed by atoms with van der Waals surface area (Å²) in [6.45, 7) is 5.04. The van der Waals surface area contributed by atoms with Crippen LogP contribution in [0.25, 0.3) is 5.69 Å². The minimum Gasteiger partial charge on any atom is -0.379 e. The quantitative estimate of drug-likeness (QED) is 0.794. The van der Waals surface area contributed by atoms with Crippen molar-refractivity contribution in [3.05, 3.63) is 71.8 Å². The van der Waals surface area contributed by atoms with Crippen LogP contribution in [0.15, 0.2) is 55.1 Å². The van der Waals surface area contributed by atoms with Gasteiger partial charge in [-0.25, -0.2) is 9.67 Å². The van der Waals surface area contributed by atoms with E-state index in [0.717, 1.165) is 17.9 Å². The molecule has 0 saturated heterocycles. The van der Waals surface area contributed by atoms with Gasteiger partial charge in [0.05, 0.1) is 11.4 Å². The van der Waals surface area contributed by atoms with Crippen LogP contribution >= 0.6 is 0 Å². The first-order chi connectivity index (χ1) is 10.2. The SMILES string of the molecule is Cc1cc(C)cc(CNc2ccccc2-n2cncn2)c1. The highest BCUT2D eigenvalue weighted by Crippen LogP contribution is 2.20. The van der Waals surface area contributed by atoms with Crippen LogP contribution in [-0.2, 0) is 6.54 Å². The second-order valence-corrected chi connectivity index (χ2v) is 5.21. The first-order valence-electron chi connectivity index (χ1n) is 6.97. The summed E-state index contributed by atoms with van der Waals surface area (Å²) in [5, 5.41) is 7.68. The number of aromatic nitrogens is 3. The Morgan fingerprint density at radius 3 is 2.52 bits per heavy atom. The predicted molar refractivity (Wildman–Crippen MR) is 84.6 cm³/mol. The Hall–Kier alpha value is -2.62. The van der Waals surface area contributed by atoms with Gasteiger partial charge in [0, 0.05) is 6.54 Å². The highest BCUT2D eigenvalue weighted by molar-refractivity contribution is 5.60. The zero-order chi connectivity index (χ0) is 14.7. The number of nitrogens with one attached hydrogen (secondary N) is 1. The lowest BCUT2D eigenvalue weighted by molar-refractivity contribution is 0.877. The summed E-state index contributed by atoms with van der Waals surface area (Å²) in [6, 6.07) is 14.7. The molecule has 4 nitrogen and oxygen atoms in total. The van der Waals surface area contributed by atoms with Crippen molar-refractivity contribution in [2.75, 3.05) is 5.32 Å². The topological polar surface area (TPSA) is 42.7 Å². The average molecular weight is 278 g/mol. The first-order valence-corrected chi connectivity index (χ1v) is 6.97. The van der Waals surface area contributed by atoms with Crippen LogP contribution in [0.1, 0.15) is 16.7 Å². The Bertz CT molecular complexity index is 712. The Morgan fingerprint density at radius 1 is 1.05 bits per heavy atom. The van der Waals surface area contributed by atoms with Gasteiger partial charge in [-0.1, -0.05) is 41.5 Å². The number of para-hydroxylation sites is 2. The molecule has 0 aliphatic rings. The Balaban J connectivity index is 1.82. The van der Waals surface area contributed by atoms with Gasteiger partial charge in [-0.3, -0.25) is 0 Å². The highest BCUT2D eigenvalue weighted by Gasteiger charge is 2.04. The van der Waals surface area contributed by atoms with Crippen LogP contribution in [0.5, 0.6) is 0 Å². The molecule has 0 spiro atoms. The van der Waals surface area contributed by atoms with Crippen LogP contribution in [-0.4, -0.2) is 14.8 Å². The molecule has 0 amide bonds. The van der Waals surface area contributed by atoms with E-state index in [1.165, 1.54) is 16.7 Å². The van der Waals surface area contributed by atoms with Crippen LogP contribution in [0.3, 0.4) is 0 Å². The molecule has 0 radical (unpaired) electrons. The van der Waals surface area contributed by atoms with E-state index in [0.29, 0.717) is 0 Å². The van der Waals surface area contributed by atoms with Gasteiger partial charge in [0.25, 0.3) is 0 Å². The van der Waals surface area contributed by atoms with Crippen molar-refractivity contribution < 1.29 is 0 Å². The van der Waals surface area contributed by atoms with E-state index in [-0.39, 0.29) is 0 Å². The summed E-state index contributed by atoms with van der Waals surface area (Å²) >= 11 is 0. The van der Waals surface area contributed by atoms with Gasteiger partial charge in [0.2, 0.25) is 0 Å². The van der Waals surface area contributed by atoms with Crippen LogP contribution in [0.2, 0.25) is 0 Å². The Labute approximate surface area is 124 Å². The molecule has 21 heavy (non-hydrogen) atoms. The van der Waals surface area contributed by atoms with E-state index >= 15 is 0 Å². The normalized spacial score (nSPS) is 10.6. The Morgan fingerprint density at radius 2 is 1.81 bits per heavy atom. The molecule has 3 aromatic rings. The maximum Gasteiger partial charge on any atom is 0.138 e. The lowest BCUT2D eigenvalue weighted by Crippen LogP contribution is -2.05. The van der Waals surface area contributed by atoms with Gasteiger partial charge in [-0.05, 0) is 31.5 Å². The number of nitrogens with zero attached hydrogens (tertiary/aromatic N) is 3. The third-order valence-electron chi connectivity index (χ3n) is 3.33. The second-order valence-electron chi connectivity index (χ2n) is 5.21. The monoisotopic (exact) mass is 278 g/mol. The summed E-state index contributed by atoms with van der Waals surface area (Å²) in [5.74, 6) is 0. The summed E-state index contributed by atoms with van der Waals surface area (Å²) in [5.41, 5.74) is 5.90. The molecular formula is C17H18N4. The number of hydrogen-bond acceptors (Lipinski definition) is 3. The zero-order valence-electron chi connectivity index (χ0n) is 12.2.